The summed E-state index contributed by atoms with van der Waals surface area (Å²) in [5.41, 5.74) is -2.24. The van der Waals surface area contributed by atoms with Crippen molar-refractivity contribution >= 4 is 49.3 Å². The van der Waals surface area contributed by atoms with Gasteiger partial charge in [-0.25, -0.2) is 9.46 Å². The largest absolute Gasteiger partial charge is 0.471 e. The maximum absolute atomic E-state index is 13.7. The maximum atomic E-state index is 13.7. The van der Waals surface area contributed by atoms with Crippen molar-refractivity contribution in [1.29, 1.82) is 5.26 Å². The van der Waals surface area contributed by atoms with Gasteiger partial charge in [0.15, 0.2) is 5.60 Å². The number of carbonyl (C=O) groups is 4. The Balaban J connectivity index is 1.34. The highest BCUT2D eigenvalue weighted by atomic mass is 31.2. The van der Waals surface area contributed by atoms with Gasteiger partial charge in [0, 0.05) is 69.6 Å². The molecule has 4 aromatic rings. The SMILES string of the molecule is CC(C)N(C(C)C)P(OCCC#N)Oc1cccc(NC(=O)c2ccc3c(c2)C(=O)OC32c3ccc(NC(=O)C(F)(F)F)cc3Oc3cc(NC(=O)C(F)(F)F)ccc32)c1. The lowest BCUT2D eigenvalue weighted by Gasteiger charge is -2.37. The van der Waals surface area contributed by atoms with Crippen molar-refractivity contribution in [3.05, 3.63) is 107 Å². The summed E-state index contributed by atoms with van der Waals surface area (Å²) in [7, 11) is -1.66. The van der Waals surface area contributed by atoms with Crippen molar-refractivity contribution < 1.29 is 64.0 Å². The molecule has 0 aromatic heterocycles. The van der Waals surface area contributed by atoms with Crippen LogP contribution in [0.4, 0.5) is 43.4 Å². The van der Waals surface area contributed by atoms with E-state index in [4.69, 9.17) is 23.8 Å². The van der Waals surface area contributed by atoms with Crippen LogP contribution in [0.1, 0.15) is 71.5 Å². The summed E-state index contributed by atoms with van der Waals surface area (Å²) in [4.78, 5) is 50.8. The second kappa shape index (κ2) is 16.8. The molecule has 2 heterocycles. The number of hydrogen-bond acceptors (Lipinski definition) is 10. The molecule has 1 atom stereocenters. The van der Waals surface area contributed by atoms with E-state index in [9.17, 15) is 45.5 Å². The Kier molecular flexibility index (Phi) is 12.1. The van der Waals surface area contributed by atoms with E-state index in [-0.39, 0.29) is 75.8 Å². The van der Waals surface area contributed by atoms with E-state index in [0.717, 1.165) is 24.3 Å². The summed E-state index contributed by atoms with van der Waals surface area (Å²) in [5.74, 6) is -6.34. The van der Waals surface area contributed by atoms with Crippen molar-refractivity contribution in [3.8, 4) is 23.3 Å². The number of hydrogen-bond donors (Lipinski definition) is 3. The highest BCUT2D eigenvalue weighted by molar-refractivity contribution is 7.45. The smallest absolute Gasteiger partial charge is 0.456 e. The van der Waals surface area contributed by atoms with Gasteiger partial charge in [0.2, 0.25) is 0 Å². The van der Waals surface area contributed by atoms with Crippen LogP contribution in [0.3, 0.4) is 0 Å². The fourth-order valence-electron chi connectivity index (χ4n) is 6.64. The highest BCUT2D eigenvalue weighted by Crippen LogP contribution is 2.57. The molecule has 314 valence electrons. The minimum atomic E-state index is -5.25. The number of amides is 3. The molecule has 3 amide bonds. The number of halogens is 6. The molecule has 0 bridgehead atoms. The third kappa shape index (κ3) is 8.86. The predicted molar refractivity (Wildman–Crippen MR) is 204 cm³/mol. The molecule has 2 aliphatic rings. The Morgan fingerprint density at radius 3 is 1.87 bits per heavy atom. The number of nitriles is 1. The number of anilines is 3. The van der Waals surface area contributed by atoms with E-state index >= 15 is 0 Å². The number of fused-ring (bicyclic) bond motifs is 6. The molecule has 1 spiro atoms. The molecular formula is C40H34F6N5O8P. The minimum Gasteiger partial charge on any atom is -0.456 e. The van der Waals surface area contributed by atoms with Crippen LogP contribution >= 0.6 is 8.53 Å². The molecule has 6 rings (SSSR count). The van der Waals surface area contributed by atoms with Gasteiger partial charge in [-0.3, -0.25) is 14.4 Å². The molecule has 0 saturated heterocycles. The van der Waals surface area contributed by atoms with Crippen LogP contribution in [-0.2, 0) is 24.5 Å². The summed E-state index contributed by atoms with van der Waals surface area (Å²) in [5, 5.41) is 15.2. The molecule has 1 unspecified atom stereocenters. The standard InChI is InChI=1S/C40H34F6N5O8P/c1-21(2)51(22(3)4)60(56-16-6-15-47)59-27-8-5-7-24(18-27)48-34(52)23-9-12-29-28(17-23)35(53)58-38(29)30-13-10-25(49-36(54)39(41,42)43)19-32(30)57-33-20-26(11-14-31(33)38)50-37(55)40(44,45)46/h5,7-14,17-22H,6,16H2,1-4H3,(H,48,52)(H,49,54)(H,50,55). The fourth-order valence-corrected chi connectivity index (χ4v) is 8.21. The first-order chi connectivity index (χ1) is 28.2. The van der Waals surface area contributed by atoms with Gasteiger partial charge in [0.25, 0.3) is 5.91 Å². The van der Waals surface area contributed by atoms with Crippen LogP contribution in [0, 0.1) is 11.3 Å². The Morgan fingerprint density at radius 1 is 0.783 bits per heavy atom. The number of alkyl halides is 6. The van der Waals surface area contributed by atoms with E-state index < -0.39 is 50.2 Å². The Morgan fingerprint density at radius 2 is 1.33 bits per heavy atom. The van der Waals surface area contributed by atoms with Crippen molar-refractivity contribution in [3.63, 3.8) is 0 Å². The van der Waals surface area contributed by atoms with Gasteiger partial charge in [-0.2, -0.15) is 31.6 Å². The van der Waals surface area contributed by atoms with Gasteiger partial charge in [-0.1, -0.05) is 12.1 Å². The van der Waals surface area contributed by atoms with Crippen molar-refractivity contribution in [2.24, 2.45) is 0 Å². The molecule has 2 aliphatic heterocycles. The normalized spacial score (nSPS) is 14.4. The number of carbonyl (C=O) groups excluding carboxylic acids is 4. The zero-order chi connectivity index (χ0) is 43.7. The highest BCUT2D eigenvalue weighted by Gasteiger charge is 2.54. The molecular weight excluding hydrogens is 823 g/mol. The number of benzene rings is 4. The average molecular weight is 858 g/mol. The average Bonchev–Trinajstić information content (AvgIpc) is 3.45. The molecule has 0 aliphatic carbocycles. The zero-order valence-corrected chi connectivity index (χ0v) is 32.8. The summed E-state index contributed by atoms with van der Waals surface area (Å²) in [6.07, 6.45) is -10.4. The summed E-state index contributed by atoms with van der Waals surface area (Å²) in [6, 6.07) is 19.3. The Hall–Kier alpha value is -6.22. The first-order valence-electron chi connectivity index (χ1n) is 18.0. The van der Waals surface area contributed by atoms with Crippen molar-refractivity contribution in [2.45, 2.75) is 64.2 Å². The lowest BCUT2D eigenvalue weighted by Crippen LogP contribution is -2.34. The first kappa shape index (κ1) is 43.4. The molecule has 60 heavy (non-hydrogen) atoms. The monoisotopic (exact) mass is 857 g/mol. The molecule has 13 nitrogen and oxygen atoms in total. The summed E-state index contributed by atoms with van der Waals surface area (Å²) < 4.78 is 105. The first-order valence-corrected chi connectivity index (χ1v) is 19.1. The molecule has 0 fully saturated rings. The van der Waals surface area contributed by atoms with Crippen molar-refractivity contribution in [2.75, 3.05) is 22.6 Å². The third-order valence-electron chi connectivity index (χ3n) is 9.04. The topological polar surface area (TPSA) is 168 Å². The molecule has 3 N–H and O–H groups in total. The summed E-state index contributed by atoms with van der Waals surface area (Å²) in [6.45, 7) is 8.07. The minimum absolute atomic E-state index is 0.00452. The lowest BCUT2D eigenvalue weighted by atomic mass is 9.77. The van der Waals surface area contributed by atoms with Gasteiger partial charge < -0.3 is 34.5 Å². The van der Waals surface area contributed by atoms with Crippen LogP contribution in [0.15, 0.2) is 78.9 Å². The van der Waals surface area contributed by atoms with Crippen molar-refractivity contribution in [1.82, 2.24) is 4.67 Å². The lowest BCUT2D eigenvalue weighted by molar-refractivity contribution is -0.167. The quantitative estimate of drug-likeness (QED) is 0.0541. The van der Waals surface area contributed by atoms with E-state index in [2.05, 4.69) is 5.32 Å². The zero-order valence-electron chi connectivity index (χ0n) is 31.9. The van der Waals surface area contributed by atoms with Gasteiger partial charge in [-0.15, -0.1) is 0 Å². The van der Waals surface area contributed by atoms with E-state index in [1.165, 1.54) is 30.3 Å². The summed E-state index contributed by atoms with van der Waals surface area (Å²) >= 11 is 0. The van der Waals surface area contributed by atoms with Gasteiger partial charge >= 0.3 is 38.7 Å². The second-order valence-corrected chi connectivity index (χ2v) is 15.3. The number of esters is 1. The number of nitrogens with one attached hydrogen (secondary N) is 3. The predicted octanol–water partition coefficient (Wildman–Crippen LogP) is 9.16. The third-order valence-corrected chi connectivity index (χ3v) is 11.1. The van der Waals surface area contributed by atoms with Crippen LogP contribution in [-0.4, -0.2) is 59.4 Å². The van der Waals surface area contributed by atoms with E-state index in [0.29, 0.717) is 11.4 Å². The van der Waals surface area contributed by atoms with Crippen LogP contribution in [0.5, 0.6) is 17.2 Å². The van der Waals surface area contributed by atoms with Gasteiger partial charge in [-0.05, 0) is 76.2 Å². The fraction of sp³-hybridized carbons (Fsp3) is 0.275. The Bertz CT molecular complexity index is 2320. The van der Waals surface area contributed by atoms with Crippen LogP contribution in [0.2, 0.25) is 0 Å². The van der Waals surface area contributed by atoms with E-state index in [1.807, 2.05) is 38.4 Å². The second-order valence-electron chi connectivity index (χ2n) is 13.9. The van der Waals surface area contributed by atoms with Gasteiger partial charge in [0.1, 0.15) is 17.2 Å². The van der Waals surface area contributed by atoms with Gasteiger partial charge in [0.05, 0.1) is 24.7 Å². The maximum Gasteiger partial charge on any atom is 0.471 e. The Labute approximate surface area is 339 Å². The number of rotatable bonds is 12. The van der Waals surface area contributed by atoms with E-state index in [1.54, 1.807) is 34.9 Å². The molecule has 4 aromatic carbocycles. The molecule has 0 radical (unpaired) electrons. The van der Waals surface area contributed by atoms with Crippen LogP contribution < -0.4 is 25.2 Å². The number of ether oxygens (including phenoxy) is 2. The number of nitrogens with zero attached hydrogens (tertiary/aromatic N) is 2. The molecule has 20 heteroatoms. The van der Waals surface area contributed by atoms with Crippen LogP contribution in [0.25, 0.3) is 0 Å². The molecule has 0 saturated carbocycles.